The summed E-state index contributed by atoms with van der Waals surface area (Å²) in [6, 6.07) is 16.3. The highest BCUT2D eigenvalue weighted by Crippen LogP contribution is 2.40. The molecule has 3 rings (SSSR count). The van der Waals surface area contributed by atoms with E-state index < -0.39 is 5.97 Å². The lowest BCUT2D eigenvalue weighted by Crippen LogP contribution is -2.19. The van der Waals surface area contributed by atoms with Crippen LogP contribution in [0.25, 0.3) is 0 Å². The van der Waals surface area contributed by atoms with Gasteiger partial charge in [-0.15, -0.1) is 0 Å². The molecule has 1 aliphatic rings. The molecule has 0 N–H and O–H groups in total. The van der Waals surface area contributed by atoms with E-state index in [9.17, 15) is 4.79 Å². The minimum absolute atomic E-state index is 0.0358. The number of allylic oxidation sites excluding steroid dienone is 1. The van der Waals surface area contributed by atoms with Gasteiger partial charge < -0.3 is 9.47 Å². The molecule has 2 aromatic rings. The molecule has 0 saturated carbocycles. The molecule has 1 heterocycles. The molecule has 3 nitrogen and oxygen atoms in total. The molecule has 0 radical (unpaired) electrons. The van der Waals surface area contributed by atoms with Crippen molar-refractivity contribution >= 4 is 5.97 Å². The van der Waals surface area contributed by atoms with E-state index in [0.29, 0.717) is 5.75 Å². The van der Waals surface area contributed by atoms with Crippen LogP contribution in [0, 0.1) is 0 Å². The first-order valence-corrected chi connectivity index (χ1v) is 8.07. The number of carbonyl (C=O) groups excluding carboxylic acids is 1. The second-order valence-electron chi connectivity index (χ2n) is 7.02. The van der Waals surface area contributed by atoms with E-state index in [4.69, 9.17) is 9.47 Å². The first-order valence-electron chi connectivity index (χ1n) is 8.07. The van der Waals surface area contributed by atoms with Gasteiger partial charge in [0.15, 0.2) is 0 Å². The average molecular weight is 322 g/mol. The molecule has 0 saturated heterocycles. The summed E-state index contributed by atoms with van der Waals surface area (Å²) in [7, 11) is 1.36. The smallest absolute Gasteiger partial charge is 0.373 e. The lowest BCUT2D eigenvalue weighted by Gasteiger charge is -2.27. The zero-order chi connectivity index (χ0) is 17.3. The Labute approximate surface area is 142 Å². The van der Waals surface area contributed by atoms with Crippen molar-refractivity contribution in [2.75, 3.05) is 7.11 Å². The number of ether oxygens (including phenoxy) is 2. The van der Waals surface area contributed by atoms with Gasteiger partial charge in [0.1, 0.15) is 5.75 Å². The molecule has 0 fully saturated rings. The van der Waals surface area contributed by atoms with Gasteiger partial charge in [-0.1, -0.05) is 63.2 Å². The highest BCUT2D eigenvalue weighted by atomic mass is 16.6. The third-order valence-electron chi connectivity index (χ3n) is 4.29. The van der Waals surface area contributed by atoms with Gasteiger partial charge in [-0.25, -0.2) is 4.79 Å². The van der Waals surface area contributed by atoms with Gasteiger partial charge in [-0.2, -0.15) is 0 Å². The summed E-state index contributed by atoms with van der Waals surface area (Å²) in [5.41, 5.74) is 3.47. The Morgan fingerprint density at radius 2 is 1.79 bits per heavy atom. The van der Waals surface area contributed by atoms with Gasteiger partial charge in [-0.3, -0.25) is 0 Å². The number of rotatable bonds is 2. The average Bonchev–Trinajstić information content (AvgIpc) is 2.59. The second-order valence-corrected chi connectivity index (χ2v) is 7.02. The fourth-order valence-electron chi connectivity index (χ4n) is 2.89. The van der Waals surface area contributed by atoms with E-state index in [1.54, 1.807) is 0 Å². The first-order chi connectivity index (χ1) is 11.4. The number of esters is 1. The summed E-state index contributed by atoms with van der Waals surface area (Å²) >= 11 is 0. The Morgan fingerprint density at radius 3 is 2.42 bits per heavy atom. The Morgan fingerprint density at radius 1 is 1.08 bits per heavy atom. The maximum Gasteiger partial charge on any atom is 0.373 e. The largest absolute Gasteiger partial charge is 0.463 e. The Kier molecular flexibility index (Phi) is 4.18. The SMILES string of the molecule is COC(=O)C1=CC(c2ccccc2)c2cc(C(C)(C)C)ccc2O1. The number of hydrogen-bond donors (Lipinski definition) is 0. The van der Waals surface area contributed by atoms with Crippen molar-refractivity contribution in [2.24, 2.45) is 0 Å². The zero-order valence-electron chi connectivity index (χ0n) is 14.5. The maximum absolute atomic E-state index is 12.0. The predicted octanol–water partition coefficient (Wildman–Crippen LogP) is 4.57. The minimum Gasteiger partial charge on any atom is -0.463 e. The zero-order valence-corrected chi connectivity index (χ0v) is 14.5. The van der Waals surface area contributed by atoms with Gasteiger partial charge in [-0.05, 0) is 28.7 Å². The topological polar surface area (TPSA) is 35.5 Å². The van der Waals surface area contributed by atoms with Crippen LogP contribution in [0.5, 0.6) is 5.75 Å². The number of methoxy groups -OCH3 is 1. The van der Waals surface area contributed by atoms with Crippen molar-refractivity contribution in [1.82, 2.24) is 0 Å². The lowest BCUT2D eigenvalue weighted by atomic mass is 9.82. The van der Waals surface area contributed by atoms with Crippen molar-refractivity contribution in [3.8, 4) is 5.75 Å². The van der Waals surface area contributed by atoms with Crippen LogP contribution in [0.1, 0.15) is 43.4 Å². The quantitative estimate of drug-likeness (QED) is 0.760. The Balaban J connectivity index is 2.14. The Bertz CT molecular complexity index is 782. The molecular formula is C21H22O3. The summed E-state index contributed by atoms with van der Waals surface area (Å²) in [5, 5.41) is 0. The fraction of sp³-hybridized carbons (Fsp3) is 0.286. The van der Waals surface area contributed by atoms with Crippen LogP contribution < -0.4 is 4.74 Å². The van der Waals surface area contributed by atoms with Crippen LogP contribution in [0.2, 0.25) is 0 Å². The summed E-state index contributed by atoms with van der Waals surface area (Å²) in [4.78, 5) is 12.0. The van der Waals surface area contributed by atoms with Gasteiger partial charge >= 0.3 is 5.97 Å². The number of fused-ring (bicyclic) bond motifs is 1. The van der Waals surface area contributed by atoms with E-state index in [0.717, 1.165) is 11.1 Å². The third kappa shape index (κ3) is 3.07. The molecule has 24 heavy (non-hydrogen) atoms. The fourth-order valence-corrected chi connectivity index (χ4v) is 2.89. The first kappa shape index (κ1) is 16.3. The van der Waals surface area contributed by atoms with Crippen LogP contribution >= 0.6 is 0 Å². The van der Waals surface area contributed by atoms with Crippen LogP contribution in [0.3, 0.4) is 0 Å². The van der Waals surface area contributed by atoms with Crippen molar-refractivity contribution in [1.29, 1.82) is 0 Å². The third-order valence-corrected chi connectivity index (χ3v) is 4.29. The van der Waals surface area contributed by atoms with E-state index in [1.807, 2.05) is 30.3 Å². The van der Waals surface area contributed by atoms with Gasteiger partial charge in [0.05, 0.1) is 7.11 Å². The molecular weight excluding hydrogens is 300 g/mol. The summed E-state index contributed by atoms with van der Waals surface area (Å²) < 4.78 is 10.6. The van der Waals surface area contributed by atoms with Crippen LogP contribution in [0.15, 0.2) is 60.4 Å². The van der Waals surface area contributed by atoms with Crippen LogP contribution in [-0.4, -0.2) is 13.1 Å². The van der Waals surface area contributed by atoms with E-state index in [2.05, 4.69) is 45.0 Å². The monoisotopic (exact) mass is 322 g/mol. The molecule has 3 heteroatoms. The number of carbonyl (C=O) groups is 1. The summed E-state index contributed by atoms with van der Waals surface area (Å²) in [6.45, 7) is 6.56. The standard InChI is InChI=1S/C21H22O3/c1-21(2,3)15-10-11-18-17(12-15)16(14-8-6-5-7-9-14)13-19(24-18)20(22)23-4/h5-13,16H,1-4H3. The van der Waals surface area contributed by atoms with E-state index >= 15 is 0 Å². The maximum atomic E-state index is 12.0. The molecule has 1 unspecified atom stereocenters. The van der Waals surface area contributed by atoms with Crippen molar-refractivity contribution < 1.29 is 14.3 Å². The normalized spacial score (nSPS) is 16.7. The summed E-state index contributed by atoms with van der Waals surface area (Å²) in [5.74, 6) is 0.454. The number of hydrogen-bond acceptors (Lipinski definition) is 3. The highest BCUT2D eigenvalue weighted by Gasteiger charge is 2.28. The number of benzene rings is 2. The Hall–Kier alpha value is -2.55. The molecule has 0 bridgehead atoms. The van der Waals surface area contributed by atoms with Gasteiger partial charge in [0.25, 0.3) is 0 Å². The van der Waals surface area contributed by atoms with Crippen molar-refractivity contribution in [2.45, 2.75) is 32.1 Å². The predicted molar refractivity (Wildman–Crippen MR) is 94.2 cm³/mol. The molecule has 0 amide bonds. The van der Waals surface area contributed by atoms with Gasteiger partial charge in [0, 0.05) is 11.5 Å². The van der Waals surface area contributed by atoms with E-state index in [-0.39, 0.29) is 17.1 Å². The molecule has 0 aliphatic carbocycles. The summed E-state index contributed by atoms with van der Waals surface area (Å²) in [6.07, 6.45) is 1.84. The molecule has 124 valence electrons. The van der Waals surface area contributed by atoms with Crippen molar-refractivity contribution in [3.63, 3.8) is 0 Å². The highest BCUT2D eigenvalue weighted by molar-refractivity contribution is 5.87. The van der Waals surface area contributed by atoms with Crippen LogP contribution in [-0.2, 0) is 14.9 Å². The lowest BCUT2D eigenvalue weighted by molar-refractivity contribution is -0.138. The molecule has 2 aromatic carbocycles. The molecule has 0 aromatic heterocycles. The van der Waals surface area contributed by atoms with Gasteiger partial charge in [0.2, 0.25) is 5.76 Å². The van der Waals surface area contributed by atoms with Crippen LogP contribution in [0.4, 0.5) is 0 Å². The second kappa shape index (κ2) is 6.16. The molecule has 0 spiro atoms. The molecule has 1 atom stereocenters. The van der Waals surface area contributed by atoms with E-state index in [1.165, 1.54) is 12.7 Å². The minimum atomic E-state index is -0.457. The molecule has 1 aliphatic heterocycles. The van der Waals surface area contributed by atoms with Crippen molar-refractivity contribution in [3.05, 3.63) is 77.1 Å².